The van der Waals surface area contributed by atoms with Crippen LogP contribution in [0.5, 0.6) is 0 Å². The molecule has 2 heterocycles. The third-order valence-electron chi connectivity index (χ3n) is 7.10. The maximum atomic E-state index is 12.3. The Kier molecular flexibility index (Phi) is 4.43. The lowest BCUT2D eigenvalue weighted by Crippen LogP contribution is -2.40. The van der Waals surface area contributed by atoms with Crippen molar-refractivity contribution >= 4 is 23.6 Å². The molecule has 6 atom stereocenters. The average molecular weight is 384 g/mol. The van der Waals surface area contributed by atoms with E-state index >= 15 is 0 Å². The van der Waals surface area contributed by atoms with Crippen molar-refractivity contribution in [1.82, 2.24) is 9.80 Å². The number of amides is 4. The minimum absolute atomic E-state index is 0.197. The van der Waals surface area contributed by atoms with Crippen molar-refractivity contribution in [2.75, 3.05) is 0 Å². The van der Waals surface area contributed by atoms with Gasteiger partial charge >= 0.3 is 0 Å². The molecule has 4 amide bonds. The zero-order chi connectivity index (χ0) is 20.2. The molecule has 0 aromatic rings. The van der Waals surface area contributed by atoms with E-state index in [1.165, 1.54) is 0 Å². The number of aliphatic hydroxyl groups excluding tert-OH is 1. The summed E-state index contributed by atoms with van der Waals surface area (Å²) in [4.78, 5) is 50.1. The lowest BCUT2D eigenvalue weighted by atomic mass is 9.66. The molecule has 6 unspecified atom stereocenters. The van der Waals surface area contributed by atoms with Gasteiger partial charge in [0, 0.05) is 0 Å². The molecule has 0 radical (unpaired) electrons. The van der Waals surface area contributed by atoms with E-state index in [0.29, 0.717) is 48.3 Å². The van der Waals surface area contributed by atoms with Gasteiger partial charge in [-0.3, -0.25) is 19.2 Å². The molecule has 0 aromatic carbocycles. The van der Waals surface area contributed by atoms with Crippen LogP contribution in [0.15, 0.2) is 0 Å². The van der Waals surface area contributed by atoms with Gasteiger partial charge in [0.2, 0.25) is 23.6 Å². The van der Waals surface area contributed by atoms with E-state index in [9.17, 15) is 24.3 Å². The summed E-state index contributed by atoms with van der Waals surface area (Å²) in [6.07, 6.45) is 5.27. The standard InChI is InChI=1S/C19H20N4O5/c20-7-22-16(25)11-3-1-9(5-13(11)18(22)27)15(24)10-2-4-12-14(6-10)19(28)23(8-21)17(12)26/h9-15,24H,1-6H2. The molecule has 4 rings (SSSR count). The molecule has 146 valence electrons. The normalized spacial score (nSPS) is 38.7. The fourth-order valence-electron chi connectivity index (χ4n) is 5.63. The van der Waals surface area contributed by atoms with Gasteiger partial charge in [0.15, 0.2) is 12.4 Å². The highest BCUT2D eigenvalue weighted by atomic mass is 16.3. The maximum Gasteiger partial charge on any atom is 0.246 e. The molecular weight excluding hydrogens is 364 g/mol. The number of hydrogen-bond acceptors (Lipinski definition) is 7. The van der Waals surface area contributed by atoms with E-state index in [0.717, 1.165) is 0 Å². The molecule has 28 heavy (non-hydrogen) atoms. The highest BCUT2D eigenvalue weighted by Crippen LogP contribution is 2.47. The van der Waals surface area contributed by atoms with E-state index < -0.39 is 53.4 Å². The summed E-state index contributed by atoms with van der Waals surface area (Å²) in [7, 11) is 0. The molecular formula is C19H20N4O5. The van der Waals surface area contributed by atoms with Crippen LogP contribution in [0.2, 0.25) is 0 Å². The van der Waals surface area contributed by atoms with Crippen molar-refractivity contribution < 1.29 is 24.3 Å². The highest BCUT2D eigenvalue weighted by Gasteiger charge is 2.54. The first-order chi connectivity index (χ1) is 13.4. The number of carbonyl (C=O) groups is 4. The molecule has 1 N–H and O–H groups in total. The van der Waals surface area contributed by atoms with Crippen LogP contribution < -0.4 is 0 Å². The SMILES string of the molecule is N#CN1C(=O)C2CCC(C(O)C3CCC4C(=O)N(C#N)C(=O)C4C3)CC2C1=O. The Labute approximate surface area is 161 Å². The Morgan fingerprint density at radius 3 is 1.43 bits per heavy atom. The number of fused-ring (bicyclic) bond motifs is 2. The first kappa shape index (κ1) is 18.6. The third kappa shape index (κ3) is 2.54. The molecule has 4 aliphatic rings. The zero-order valence-electron chi connectivity index (χ0n) is 15.2. The van der Waals surface area contributed by atoms with Crippen molar-refractivity contribution in [1.29, 1.82) is 10.5 Å². The molecule has 9 heteroatoms. The van der Waals surface area contributed by atoms with Gasteiger partial charge in [0.05, 0.1) is 29.8 Å². The molecule has 2 saturated carbocycles. The van der Waals surface area contributed by atoms with Gasteiger partial charge in [0.25, 0.3) is 0 Å². The van der Waals surface area contributed by atoms with Crippen LogP contribution in [0.3, 0.4) is 0 Å². The fraction of sp³-hybridized carbons (Fsp3) is 0.684. The van der Waals surface area contributed by atoms with Crippen LogP contribution >= 0.6 is 0 Å². The van der Waals surface area contributed by atoms with E-state index in [1.807, 2.05) is 0 Å². The summed E-state index contributed by atoms with van der Waals surface area (Å²) >= 11 is 0. The second kappa shape index (κ2) is 6.68. The van der Waals surface area contributed by atoms with Crippen LogP contribution in [0.4, 0.5) is 0 Å². The van der Waals surface area contributed by atoms with Crippen molar-refractivity contribution in [3.8, 4) is 12.4 Å². The lowest BCUT2D eigenvalue weighted by molar-refractivity contribution is -0.137. The van der Waals surface area contributed by atoms with Crippen molar-refractivity contribution in [3.05, 3.63) is 0 Å². The predicted octanol–water partition coefficient (Wildman–Crippen LogP) is 0.112. The zero-order valence-corrected chi connectivity index (χ0v) is 15.2. The molecule has 0 bridgehead atoms. The second-order valence-corrected chi connectivity index (χ2v) is 8.29. The monoisotopic (exact) mass is 384 g/mol. The molecule has 2 aliphatic heterocycles. The number of carbonyl (C=O) groups excluding carboxylic acids is 4. The Morgan fingerprint density at radius 2 is 1.07 bits per heavy atom. The largest absolute Gasteiger partial charge is 0.393 e. The molecule has 0 aromatic heterocycles. The van der Waals surface area contributed by atoms with Crippen LogP contribution in [0.25, 0.3) is 0 Å². The summed E-state index contributed by atoms with van der Waals surface area (Å²) in [5.74, 6) is -4.36. The molecule has 0 spiro atoms. The number of imide groups is 2. The summed E-state index contributed by atoms with van der Waals surface area (Å²) in [6, 6.07) is 0. The van der Waals surface area contributed by atoms with Gasteiger partial charge in [0.1, 0.15) is 0 Å². The maximum absolute atomic E-state index is 12.3. The van der Waals surface area contributed by atoms with Crippen molar-refractivity contribution in [3.63, 3.8) is 0 Å². The minimum atomic E-state index is -0.750. The summed E-state index contributed by atoms with van der Waals surface area (Å²) in [6.45, 7) is 0. The molecule has 9 nitrogen and oxygen atoms in total. The van der Waals surface area contributed by atoms with Gasteiger partial charge in [-0.1, -0.05) is 0 Å². The summed E-state index contributed by atoms with van der Waals surface area (Å²) in [5.41, 5.74) is 0. The Bertz CT molecular complexity index is 774. The lowest BCUT2D eigenvalue weighted by Gasteiger charge is -2.38. The van der Waals surface area contributed by atoms with Gasteiger partial charge in [-0.05, 0) is 50.4 Å². The van der Waals surface area contributed by atoms with Crippen molar-refractivity contribution in [2.45, 2.75) is 44.6 Å². The molecule has 2 saturated heterocycles. The van der Waals surface area contributed by atoms with E-state index in [1.54, 1.807) is 12.4 Å². The third-order valence-corrected chi connectivity index (χ3v) is 7.10. The van der Waals surface area contributed by atoms with Crippen LogP contribution in [0, 0.1) is 58.4 Å². The first-order valence-corrected chi connectivity index (χ1v) is 9.62. The number of rotatable bonds is 2. The van der Waals surface area contributed by atoms with Gasteiger partial charge in [-0.15, -0.1) is 0 Å². The molecule has 4 fully saturated rings. The predicted molar refractivity (Wildman–Crippen MR) is 89.6 cm³/mol. The van der Waals surface area contributed by atoms with E-state index in [-0.39, 0.29) is 11.8 Å². The van der Waals surface area contributed by atoms with Gasteiger partial charge in [-0.2, -0.15) is 20.3 Å². The average Bonchev–Trinajstić information content (AvgIpc) is 3.10. The number of nitrogens with zero attached hydrogens (tertiary/aromatic N) is 4. The number of aliphatic hydroxyl groups is 1. The van der Waals surface area contributed by atoms with Crippen LogP contribution in [-0.2, 0) is 19.2 Å². The van der Waals surface area contributed by atoms with Crippen LogP contribution in [-0.4, -0.2) is 44.6 Å². The van der Waals surface area contributed by atoms with Gasteiger partial charge < -0.3 is 5.11 Å². The van der Waals surface area contributed by atoms with Crippen molar-refractivity contribution in [2.24, 2.45) is 35.5 Å². The fourth-order valence-corrected chi connectivity index (χ4v) is 5.63. The quantitative estimate of drug-likeness (QED) is 0.526. The Hall–Kier alpha value is -2.78. The molecule has 2 aliphatic carbocycles. The number of hydrogen-bond donors (Lipinski definition) is 1. The smallest absolute Gasteiger partial charge is 0.246 e. The van der Waals surface area contributed by atoms with E-state index in [4.69, 9.17) is 10.5 Å². The van der Waals surface area contributed by atoms with Crippen LogP contribution in [0.1, 0.15) is 38.5 Å². The Balaban J connectivity index is 1.45. The van der Waals surface area contributed by atoms with Gasteiger partial charge in [-0.25, -0.2) is 0 Å². The number of nitriles is 2. The number of likely N-dealkylation sites (tertiary alicyclic amines) is 2. The topological polar surface area (TPSA) is 143 Å². The first-order valence-electron chi connectivity index (χ1n) is 9.62. The summed E-state index contributed by atoms with van der Waals surface area (Å²) < 4.78 is 0. The Morgan fingerprint density at radius 1 is 0.714 bits per heavy atom. The second-order valence-electron chi connectivity index (χ2n) is 8.29. The van der Waals surface area contributed by atoms with E-state index in [2.05, 4.69) is 0 Å². The minimum Gasteiger partial charge on any atom is -0.393 e. The highest BCUT2D eigenvalue weighted by molar-refractivity contribution is 6.07. The summed E-state index contributed by atoms with van der Waals surface area (Å²) in [5, 5.41) is 29.0.